The van der Waals surface area contributed by atoms with Crippen molar-refractivity contribution in [3.05, 3.63) is 82.9 Å². The average molecular weight is 666 g/mol. The van der Waals surface area contributed by atoms with Crippen molar-refractivity contribution in [1.82, 2.24) is 24.7 Å². The molecule has 3 aromatic heterocycles. The van der Waals surface area contributed by atoms with Gasteiger partial charge >= 0.3 is 0 Å². The number of pyridine rings is 1. The van der Waals surface area contributed by atoms with E-state index in [1.54, 1.807) is 40.7 Å². The second-order valence-electron chi connectivity index (χ2n) is 11.8. The van der Waals surface area contributed by atoms with E-state index in [-0.39, 0.29) is 6.10 Å². The number of hydrogen-bond donors (Lipinski definition) is 0. The topological polar surface area (TPSA) is 130 Å². The van der Waals surface area contributed by atoms with E-state index in [4.69, 9.17) is 33.8 Å². The van der Waals surface area contributed by atoms with Crippen molar-refractivity contribution >= 4 is 16.9 Å². The molecular formula is C37H43N7O5. The molecule has 0 saturated heterocycles. The van der Waals surface area contributed by atoms with E-state index < -0.39 is 0 Å². The Morgan fingerprint density at radius 2 is 1.51 bits per heavy atom. The van der Waals surface area contributed by atoms with Crippen LogP contribution in [0.2, 0.25) is 0 Å². The number of rotatable bonds is 16. The van der Waals surface area contributed by atoms with Crippen molar-refractivity contribution in [2.24, 2.45) is 0 Å². The first-order chi connectivity index (χ1) is 23.8. The molecule has 0 aliphatic heterocycles. The summed E-state index contributed by atoms with van der Waals surface area (Å²) in [5, 5.41) is 18.8. The summed E-state index contributed by atoms with van der Waals surface area (Å²) in [6.45, 7) is 7.30. The van der Waals surface area contributed by atoms with Crippen LogP contribution in [-0.4, -0.2) is 59.3 Å². The molecule has 12 nitrogen and oxygen atoms in total. The number of hydrogen-bond acceptors (Lipinski definition) is 11. The fraction of sp³-hybridized carbons (Fsp3) is 0.378. The van der Waals surface area contributed by atoms with Crippen molar-refractivity contribution < 1.29 is 23.7 Å². The van der Waals surface area contributed by atoms with Gasteiger partial charge in [-0.15, -0.1) is 10.2 Å². The normalized spacial score (nSPS) is 11.0. The summed E-state index contributed by atoms with van der Waals surface area (Å²) in [7, 11) is 6.54. The number of benzene rings is 2. The number of anilines is 1. The Morgan fingerprint density at radius 1 is 0.857 bits per heavy atom. The summed E-state index contributed by atoms with van der Waals surface area (Å²) in [6.07, 6.45) is 4.11. The zero-order valence-corrected chi connectivity index (χ0v) is 29.2. The molecular weight excluding hydrogens is 622 g/mol. The molecule has 0 amide bonds. The molecule has 0 atom stereocenters. The van der Waals surface area contributed by atoms with Gasteiger partial charge in [-0.1, -0.05) is 13.3 Å². The van der Waals surface area contributed by atoms with Crippen LogP contribution < -0.4 is 28.6 Å². The number of ether oxygens (including phenoxy) is 5. The average Bonchev–Trinajstić information content (AvgIpc) is 3.48. The number of aryl methyl sites for hydroxylation is 1. The lowest BCUT2D eigenvalue weighted by Crippen LogP contribution is -2.25. The van der Waals surface area contributed by atoms with Crippen LogP contribution in [0.4, 0.5) is 5.82 Å². The highest BCUT2D eigenvalue weighted by molar-refractivity contribution is 5.90. The maximum atomic E-state index is 9.33. The summed E-state index contributed by atoms with van der Waals surface area (Å²) in [5.74, 6) is 4.57. The zero-order valence-electron chi connectivity index (χ0n) is 29.2. The van der Waals surface area contributed by atoms with Crippen LogP contribution in [0.25, 0.3) is 11.0 Å². The van der Waals surface area contributed by atoms with Crippen LogP contribution in [-0.2, 0) is 26.1 Å². The van der Waals surface area contributed by atoms with E-state index in [0.717, 1.165) is 47.4 Å². The number of fused-ring (bicyclic) bond motifs is 1. The quantitative estimate of drug-likeness (QED) is 0.114. The predicted molar refractivity (Wildman–Crippen MR) is 187 cm³/mol. The van der Waals surface area contributed by atoms with Crippen molar-refractivity contribution in [2.75, 3.05) is 33.3 Å². The molecule has 256 valence electrons. The molecule has 0 bridgehead atoms. The summed E-state index contributed by atoms with van der Waals surface area (Å²) in [4.78, 5) is 11.9. The molecule has 0 saturated carbocycles. The Morgan fingerprint density at radius 3 is 2.02 bits per heavy atom. The number of imidazole rings is 1. The van der Waals surface area contributed by atoms with Crippen molar-refractivity contribution in [1.29, 1.82) is 5.26 Å². The third-order valence-electron chi connectivity index (χ3n) is 8.08. The Labute approximate surface area is 287 Å². The molecule has 0 aliphatic rings. The highest BCUT2D eigenvalue weighted by atomic mass is 16.5. The summed E-state index contributed by atoms with van der Waals surface area (Å²) < 4.78 is 30.9. The van der Waals surface area contributed by atoms with Gasteiger partial charge in [0.1, 0.15) is 45.9 Å². The third-order valence-corrected chi connectivity index (χ3v) is 8.08. The molecule has 12 heteroatoms. The van der Waals surface area contributed by atoms with Crippen LogP contribution in [0.5, 0.6) is 28.9 Å². The summed E-state index contributed by atoms with van der Waals surface area (Å²) >= 11 is 0. The van der Waals surface area contributed by atoms with Gasteiger partial charge in [-0.3, -0.25) is 4.98 Å². The Kier molecular flexibility index (Phi) is 11.4. The van der Waals surface area contributed by atoms with E-state index in [9.17, 15) is 5.26 Å². The lowest BCUT2D eigenvalue weighted by Gasteiger charge is -2.26. The number of nitrogens with zero attached hydrogens (tertiary/aromatic N) is 7. The van der Waals surface area contributed by atoms with Crippen LogP contribution in [0.1, 0.15) is 61.8 Å². The summed E-state index contributed by atoms with van der Waals surface area (Å²) in [5.41, 5.74) is 4.50. The molecule has 5 aromatic rings. The number of methoxy groups -OCH3 is 4. The first kappa shape index (κ1) is 34.8. The van der Waals surface area contributed by atoms with E-state index >= 15 is 0 Å². The molecule has 0 fully saturated rings. The molecule has 5 rings (SSSR count). The molecule has 0 spiro atoms. The predicted octanol–water partition coefficient (Wildman–Crippen LogP) is 6.51. The lowest BCUT2D eigenvalue weighted by molar-refractivity contribution is 0.232. The number of nitriles is 1. The second-order valence-corrected chi connectivity index (χ2v) is 11.8. The van der Waals surface area contributed by atoms with Gasteiger partial charge < -0.3 is 33.2 Å². The number of unbranched alkanes of at least 4 members (excludes halogenated alkanes) is 1. The monoisotopic (exact) mass is 665 g/mol. The largest absolute Gasteiger partial charge is 0.497 e. The molecule has 0 N–H and O–H groups in total. The zero-order chi connectivity index (χ0) is 34.9. The van der Waals surface area contributed by atoms with E-state index in [1.165, 1.54) is 0 Å². The molecule has 0 radical (unpaired) electrons. The van der Waals surface area contributed by atoms with Crippen molar-refractivity contribution in [3.8, 4) is 34.9 Å². The van der Waals surface area contributed by atoms with Crippen LogP contribution >= 0.6 is 0 Å². The van der Waals surface area contributed by atoms with Crippen LogP contribution in [0.15, 0.2) is 54.7 Å². The van der Waals surface area contributed by atoms with Crippen molar-refractivity contribution in [3.63, 3.8) is 0 Å². The minimum Gasteiger partial charge on any atom is -0.497 e. The van der Waals surface area contributed by atoms with Gasteiger partial charge in [0.05, 0.1) is 52.3 Å². The first-order valence-corrected chi connectivity index (χ1v) is 16.3. The van der Waals surface area contributed by atoms with Gasteiger partial charge in [-0.05, 0) is 56.7 Å². The molecule has 2 aromatic carbocycles. The highest BCUT2D eigenvalue weighted by Crippen LogP contribution is 2.36. The standard InChI is InChI=1S/C37H43N7O5/c1-8-9-10-33-40-34-35(44(33)23-28-14-11-25(19-38)20-39-28)37(49-24(2)3)42-41-36(34)43(21-26-12-15-29(45-4)17-31(26)47-6)22-27-13-16-30(46-5)18-32(27)48-7/h11-18,20,24H,8-10,21-23H2,1-7H3. The van der Waals surface area contributed by atoms with Crippen LogP contribution in [0, 0.1) is 11.3 Å². The van der Waals surface area contributed by atoms with Gasteiger partial charge in [0.2, 0.25) is 0 Å². The summed E-state index contributed by atoms with van der Waals surface area (Å²) in [6, 6.07) is 17.3. The van der Waals surface area contributed by atoms with Gasteiger partial charge in [-0.2, -0.15) is 5.26 Å². The molecule has 49 heavy (non-hydrogen) atoms. The van der Waals surface area contributed by atoms with E-state index in [0.29, 0.717) is 65.4 Å². The van der Waals surface area contributed by atoms with Gasteiger partial charge in [0.15, 0.2) is 5.82 Å². The SMILES string of the molecule is CCCCc1nc2c(N(Cc3ccc(OC)cc3OC)Cc3ccc(OC)cc3OC)nnc(OC(C)C)c2n1Cc1ccc(C#N)cn1. The smallest absolute Gasteiger partial charge is 0.260 e. The van der Waals surface area contributed by atoms with Gasteiger partial charge in [0.25, 0.3) is 5.88 Å². The fourth-order valence-electron chi connectivity index (χ4n) is 5.60. The molecule has 0 unspecified atom stereocenters. The van der Waals surface area contributed by atoms with Crippen molar-refractivity contribution in [2.45, 2.75) is 65.8 Å². The Bertz CT molecular complexity index is 1860. The fourth-order valence-corrected chi connectivity index (χ4v) is 5.60. The minimum absolute atomic E-state index is 0.151. The first-order valence-electron chi connectivity index (χ1n) is 16.3. The minimum atomic E-state index is -0.151. The lowest BCUT2D eigenvalue weighted by atomic mass is 10.1. The van der Waals surface area contributed by atoms with E-state index in [2.05, 4.69) is 32.5 Å². The molecule has 0 aliphatic carbocycles. The van der Waals surface area contributed by atoms with E-state index in [1.807, 2.05) is 56.3 Å². The maximum absolute atomic E-state index is 9.33. The van der Waals surface area contributed by atoms with Gasteiger partial charge in [0, 0.05) is 49.0 Å². The Balaban J connectivity index is 1.72. The molecule has 3 heterocycles. The third kappa shape index (κ3) is 7.95. The highest BCUT2D eigenvalue weighted by Gasteiger charge is 2.26. The number of aromatic nitrogens is 5. The van der Waals surface area contributed by atoms with Gasteiger partial charge in [-0.25, -0.2) is 4.98 Å². The maximum Gasteiger partial charge on any atom is 0.260 e. The second kappa shape index (κ2) is 16.0. The Hall–Kier alpha value is -5.57. The van der Waals surface area contributed by atoms with Crippen LogP contribution in [0.3, 0.4) is 0 Å².